The first-order valence-electron chi connectivity index (χ1n) is 5.55. The van der Waals surface area contributed by atoms with Gasteiger partial charge in [-0.15, -0.1) is 0 Å². The van der Waals surface area contributed by atoms with Gasteiger partial charge in [-0.2, -0.15) is 0 Å². The minimum Gasteiger partial charge on any atom is -0.481 e. The van der Waals surface area contributed by atoms with Crippen LogP contribution in [0.1, 0.15) is 6.92 Å². The first-order chi connectivity index (χ1) is 8.58. The van der Waals surface area contributed by atoms with Crippen molar-refractivity contribution >= 4 is 21.8 Å². The number of hydrogen-bond donors (Lipinski definition) is 1. The molecule has 4 nitrogen and oxygen atoms in total. The molecule has 1 amide bonds. The molecule has 0 bridgehead atoms. The van der Waals surface area contributed by atoms with Crippen LogP contribution in [0.4, 0.5) is 4.39 Å². The number of benzene rings is 1. The van der Waals surface area contributed by atoms with Crippen molar-refractivity contribution in [1.82, 2.24) is 4.90 Å². The molecule has 100 valence electrons. The van der Waals surface area contributed by atoms with E-state index < -0.39 is 5.82 Å². The van der Waals surface area contributed by atoms with Crippen LogP contribution in [0.15, 0.2) is 22.7 Å². The number of amides is 1. The predicted octanol–water partition coefficient (Wildman–Crippen LogP) is 1.81. The molecule has 1 rings (SSSR count). The Morgan fingerprint density at radius 2 is 2.28 bits per heavy atom. The monoisotopic (exact) mass is 319 g/mol. The summed E-state index contributed by atoms with van der Waals surface area (Å²) in [5.41, 5.74) is 0. The average molecular weight is 320 g/mol. The molecule has 0 saturated heterocycles. The highest BCUT2D eigenvalue weighted by molar-refractivity contribution is 9.10. The Balaban J connectivity index is 2.56. The smallest absolute Gasteiger partial charge is 0.260 e. The Kier molecular flexibility index (Phi) is 6.07. The number of carbonyl (C=O) groups excluding carboxylic acids is 1. The van der Waals surface area contributed by atoms with Crippen molar-refractivity contribution in [3.05, 3.63) is 28.5 Å². The number of hydrogen-bond acceptors (Lipinski definition) is 3. The standard InChI is InChI=1S/C12H15BrFNO3/c1-2-15(5-6-16)12(17)8-18-11-4-3-9(13)7-10(11)14/h3-4,7,16H,2,5-6,8H2,1H3. The lowest BCUT2D eigenvalue weighted by molar-refractivity contribution is -0.133. The van der Waals surface area contributed by atoms with Crippen LogP contribution >= 0.6 is 15.9 Å². The second-order valence-corrected chi connectivity index (χ2v) is 4.48. The van der Waals surface area contributed by atoms with E-state index in [0.29, 0.717) is 11.0 Å². The fourth-order valence-corrected chi connectivity index (χ4v) is 1.74. The molecule has 6 heteroatoms. The number of carbonyl (C=O) groups is 1. The Hall–Kier alpha value is -1.14. The molecule has 0 aromatic heterocycles. The summed E-state index contributed by atoms with van der Waals surface area (Å²) in [4.78, 5) is 13.1. The van der Waals surface area contributed by atoms with Crippen LogP contribution < -0.4 is 4.74 Å². The molecular formula is C12H15BrFNO3. The zero-order valence-electron chi connectivity index (χ0n) is 10.0. The summed E-state index contributed by atoms with van der Waals surface area (Å²) in [6, 6.07) is 4.36. The maximum Gasteiger partial charge on any atom is 0.260 e. The fourth-order valence-electron chi connectivity index (χ4n) is 1.40. The van der Waals surface area contributed by atoms with E-state index in [-0.39, 0.29) is 31.4 Å². The van der Waals surface area contributed by atoms with Gasteiger partial charge in [-0.25, -0.2) is 4.39 Å². The molecule has 1 aromatic carbocycles. The molecule has 0 aliphatic rings. The lowest BCUT2D eigenvalue weighted by Gasteiger charge is -2.19. The van der Waals surface area contributed by atoms with E-state index in [1.807, 2.05) is 0 Å². The van der Waals surface area contributed by atoms with Crippen LogP contribution in [0, 0.1) is 5.82 Å². The molecule has 1 N–H and O–H groups in total. The van der Waals surface area contributed by atoms with Gasteiger partial charge in [0.25, 0.3) is 5.91 Å². The normalized spacial score (nSPS) is 10.2. The molecular weight excluding hydrogens is 305 g/mol. The summed E-state index contributed by atoms with van der Waals surface area (Å²) in [5.74, 6) is -0.775. The zero-order chi connectivity index (χ0) is 13.5. The van der Waals surface area contributed by atoms with E-state index in [4.69, 9.17) is 9.84 Å². The van der Waals surface area contributed by atoms with Gasteiger partial charge in [0.2, 0.25) is 0 Å². The second-order valence-electron chi connectivity index (χ2n) is 3.56. The SMILES string of the molecule is CCN(CCO)C(=O)COc1ccc(Br)cc1F. The van der Waals surface area contributed by atoms with E-state index in [1.165, 1.54) is 17.0 Å². The molecule has 0 radical (unpaired) electrons. The molecule has 0 unspecified atom stereocenters. The average Bonchev–Trinajstić information content (AvgIpc) is 2.34. The van der Waals surface area contributed by atoms with Crippen LogP contribution in [0.3, 0.4) is 0 Å². The number of halogens is 2. The first kappa shape index (κ1) is 14.9. The molecule has 18 heavy (non-hydrogen) atoms. The van der Waals surface area contributed by atoms with Gasteiger partial charge in [-0.1, -0.05) is 15.9 Å². The number of ether oxygens (including phenoxy) is 1. The highest BCUT2D eigenvalue weighted by atomic mass is 79.9. The second kappa shape index (κ2) is 7.33. The maximum absolute atomic E-state index is 13.4. The zero-order valence-corrected chi connectivity index (χ0v) is 11.6. The third-order valence-corrected chi connectivity index (χ3v) is 2.84. The third kappa shape index (κ3) is 4.27. The number of rotatable bonds is 6. The van der Waals surface area contributed by atoms with Crippen molar-refractivity contribution < 1.29 is 19.0 Å². The Bertz CT molecular complexity index is 414. The van der Waals surface area contributed by atoms with Crippen molar-refractivity contribution in [1.29, 1.82) is 0 Å². The third-order valence-electron chi connectivity index (χ3n) is 2.35. The summed E-state index contributed by atoms with van der Waals surface area (Å²) in [6.07, 6.45) is 0. The Labute approximate surface area is 113 Å². The predicted molar refractivity (Wildman–Crippen MR) is 68.9 cm³/mol. The minimum atomic E-state index is -0.526. The number of aliphatic hydroxyl groups is 1. The molecule has 0 spiro atoms. The van der Waals surface area contributed by atoms with Crippen molar-refractivity contribution in [3.8, 4) is 5.75 Å². The molecule has 0 atom stereocenters. The molecule has 0 saturated carbocycles. The summed E-state index contributed by atoms with van der Waals surface area (Å²) >= 11 is 3.13. The van der Waals surface area contributed by atoms with Gasteiger partial charge in [0.05, 0.1) is 6.61 Å². The summed E-state index contributed by atoms with van der Waals surface area (Å²) in [5, 5.41) is 8.78. The maximum atomic E-state index is 13.4. The van der Waals surface area contributed by atoms with E-state index >= 15 is 0 Å². The summed E-state index contributed by atoms with van der Waals surface area (Å²) in [6.45, 7) is 2.18. The quantitative estimate of drug-likeness (QED) is 0.870. The Morgan fingerprint density at radius 3 is 2.83 bits per heavy atom. The van der Waals surface area contributed by atoms with Crippen LogP contribution in [-0.2, 0) is 4.79 Å². The molecule has 1 aromatic rings. The van der Waals surface area contributed by atoms with Gasteiger partial charge in [0.1, 0.15) is 0 Å². The molecule has 0 aliphatic carbocycles. The lowest BCUT2D eigenvalue weighted by Crippen LogP contribution is -2.36. The van der Waals surface area contributed by atoms with Crippen molar-refractivity contribution in [2.75, 3.05) is 26.3 Å². The first-order valence-corrected chi connectivity index (χ1v) is 6.34. The Morgan fingerprint density at radius 1 is 1.56 bits per heavy atom. The largest absolute Gasteiger partial charge is 0.481 e. The fraction of sp³-hybridized carbons (Fsp3) is 0.417. The number of nitrogens with zero attached hydrogens (tertiary/aromatic N) is 1. The lowest BCUT2D eigenvalue weighted by atomic mass is 10.3. The van der Waals surface area contributed by atoms with Crippen LogP contribution in [-0.4, -0.2) is 42.2 Å². The van der Waals surface area contributed by atoms with Crippen molar-refractivity contribution in [2.45, 2.75) is 6.92 Å². The van der Waals surface area contributed by atoms with E-state index in [0.717, 1.165) is 0 Å². The van der Waals surface area contributed by atoms with Gasteiger partial charge in [-0.3, -0.25) is 4.79 Å². The number of aliphatic hydroxyl groups excluding tert-OH is 1. The van der Waals surface area contributed by atoms with Crippen LogP contribution in [0.5, 0.6) is 5.75 Å². The van der Waals surface area contributed by atoms with Gasteiger partial charge in [0, 0.05) is 17.6 Å². The van der Waals surface area contributed by atoms with E-state index in [2.05, 4.69) is 15.9 Å². The van der Waals surface area contributed by atoms with Gasteiger partial charge < -0.3 is 14.7 Å². The topological polar surface area (TPSA) is 49.8 Å². The van der Waals surface area contributed by atoms with Crippen LogP contribution in [0.25, 0.3) is 0 Å². The van der Waals surface area contributed by atoms with Gasteiger partial charge in [-0.05, 0) is 25.1 Å². The summed E-state index contributed by atoms with van der Waals surface area (Å²) in [7, 11) is 0. The van der Waals surface area contributed by atoms with Crippen molar-refractivity contribution in [3.63, 3.8) is 0 Å². The highest BCUT2D eigenvalue weighted by Gasteiger charge is 2.13. The summed E-state index contributed by atoms with van der Waals surface area (Å²) < 4.78 is 19.1. The van der Waals surface area contributed by atoms with Gasteiger partial charge in [0.15, 0.2) is 18.2 Å². The van der Waals surface area contributed by atoms with Crippen LogP contribution in [0.2, 0.25) is 0 Å². The van der Waals surface area contributed by atoms with E-state index in [9.17, 15) is 9.18 Å². The molecule has 0 fully saturated rings. The van der Waals surface area contributed by atoms with E-state index in [1.54, 1.807) is 13.0 Å². The highest BCUT2D eigenvalue weighted by Crippen LogP contribution is 2.21. The molecule has 0 heterocycles. The van der Waals surface area contributed by atoms with Gasteiger partial charge >= 0.3 is 0 Å². The minimum absolute atomic E-state index is 0.0339. The molecule has 0 aliphatic heterocycles. The number of likely N-dealkylation sites (N-methyl/N-ethyl adjacent to an activating group) is 1. The van der Waals surface area contributed by atoms with Crippen molar-refractivity contribution in [2.24, 2.45) is 0 Å².